The standard InChI is InChI=1S/C23H27FN8O2/c1-31-10-12-32(13-11-31)17-8-9-19(20(14-17)34-2)26-23-25-15-18(24)21(27-23)28-30-29-22(33)16-6-4-3-5-7-16/h3-9,14-15,30H,10-13H2,1-2H3,(H,29,33)(H2,25,26,27,28). The summed E-state index contributed by atoms with van der Waals surface area (Å²) in [5, 5.41) is 3.06. The SMILES string of the molecule is COc1cc(N2CCN(C)CC2)ccc1Nc1ncc(F)c(NNNC(=O)c2ccccc2)n1. The number of methoxy groups -OCH3 is 1. The molecule has 4 N–H and O–H groups in total. The Bertz CT molecular complexity index is 1120. The molecule has 0 radical (unpaired) electrons. The molecule has 2 aromatic carbocycles. The quantitative estimate of drug-likeness (QED) is 0.372. The molecule has 0 atom stereocenters. The van der Waals surface area contributed by atoms with Crippen LogP contribution in [0.1, 0.15) is 10.4 Å². The van der Waals surface area contributed by atoms with Crippen molar-refractivity contribution in [3.05, 3.63) is 66.1 Å². The summed E-state index contributed by atoms with van der Waals surface area (Å²) in [5.41, 5.74) is 9.58. The molecule has 1 fully saturated rings. The highest BCUT2D eigenvalue weighted by Crippen LogP contribution is 2.32. The Kier molecular flexibility index (Phi) is 7.35. The van der Waals surface area contributed by atoms with Crippen molar-refractivity contribution in [1.29, 1.82) is 0 Å². The van der Waals surface area contributed by atoms with Crippen molar-refractivity contribution in [1.82, 2.24) is 25.8 Å². The zero-order valence-corrected chi connectivity index (χ0v) is 19.0. The Labute approximate surface area is 197 Å². The number of anilines is 4. The van der Waals surface area contributed by atoms with E-state index in [2.05, 4.69) is 48.5 Å². The van der Waals surface area contributed by atoms with Crippen LogP contribution < -0.4 is 31.3 Å². The molecule has 1 saturated heterocycles. The molecule has 4 rings (SSSR count). The van der Waals surface area contributed by atoms with Crippen molar-refractivity contribution in [3.8, 4) is 5.75 Å². The third-order valence-corrected chi connectivity index (χ3v) is 5.44. The van der Waals surface area contributed by atoms with Crippen molar-refractivity contribution >= 4 is 29.0 Å². The highest BCUT2D eigenvalue weighted by Gasteiger charge is 2.16. The summed E-state index contributed by atoms with van der Waals surface area (Å²) in [5.74, 6) is -0.438. The van der Waals surface area contributed by atoms with Crippen LogP contribution in [0.25, 0.3) is 0 Å². The first kappa shape index (κ1) is 23.2. The molecule has 0 aliphatic carbocycles. The van der Waals surface area contributed by atoms with Crippen molar-refractivity contribution in [2.45, 2.75) is 0 Å². The van der Waals surface area contributed by atoms with E-state index < -0.39 is 5.82 Å². The summed E-state index contributed by atoms with van der Waals surface area (Å²) in [4.78, 5) is 24.8. The number of rotatable bonds is 8. The molecule has 1 aromatic heterocycles. The maximum Gasteiger partial charge on any atom is 0.266 e. The van der Waals surface area contributed by atoms with Gasteiger partial charge in [0.05, 0.1) is 19.0 Å². The highest BCUT2D eigenvalue weighted by atomic mass is 19.1. The number of carbonyl (C=O) groups is 1. The third kappa shape index (κ3) is 5.69. The average Bonchev–Trinajstić information content (AvgIpc) is 2.87. The van der Waals surface area contributed by atoms with Crippen molar-refractivity contribution in [2.24, 2.45) is 0 Å². The van der Waals surface area contributed by atoms with E-state index in [0.29, 0.717) is 17.0 Å². The largest absolute Gasteiger partial charge is 0.494 e. The fraction of sp³-hybridized carbons (Fsp3) is 0.261. The Morgan fingerprint density at radius 3 is 2.59 bits per heavy atom. The summed E-state index contributed by atoms with van der Waals surface area (Å²) in [7, 11) is 3.70. The molecule has 11 heteroatoms. The van der Waals surface area contributed by atoms with Gasteiger partial charge in [0, 0.05) is 43.5 Å². The summed E-state index contributed by atoms with van der Waals surface area (Å²) in [6.07, 6.45) is 1.03. The second-order valence-corrected chi connectivity index (χ2v) is 7.76. The zero-order valence-electron chi connectivity index (χ0n) is 19.0. The number of likely N-dealkylation sites (N-methyl/N-ethyl adjacent to an activating group) is 1. The van der Waals surface area contributed by atoms with Gasteiger partial charge in [0.25, 0.3) is 5.91 Å². The Morgan fingerprint density at radius 1 is 1.09 bits per heavy atom. The van der Waals surface area contributed by atoms with Gasteiger partial charge in [-0.3, -0.25) is 15.6 Å². The first-order chi connectivity index (χ1) is 16.5. The fourth-order valence-electron chi connectivity index (χ4n) is 3.49. The minimum atomic E-state index is -0.690. The van der Waals surface area contributed by atoms with Crippen LogP contribution in [0, 0.1) is 5.82 Å². The molecule has 0 bridgehead atoms. The van der Waals surface area contributed by atoms with Gasteiger partial charge in [0.1, 0.15) is 5.75 Å². The van der Waals surface area contributed by atoms with Crippen LogP contribution in [0.2, 0.25) is 0 Å². The van der Waals surface area contributed by atoms with E-state index in [9.17, 15) is 9.18 Å². The third-order valence-electron chi connectivity index (χ3n) is 5.44. The summed E-state index contributed by atoms with van der Waals surface area (Å²) < 4.78 is 19.7. The molecule has 34 heavy (non-hydrogen) atoms. The Hall–Kier alpha value is -3.96. The van der Waals surface area contributed by atoms with Gasteiger partial charge in [0.15, 0.2) is 11.6 Å². The molecule has 0 saturated carbocycles. The lowest BCUT2D eigenvalue weighted by molar-refractivity contribution is 0.0937. The number of nitrogens with zero attached hydrogens (tertiary/aromatic N) is 4. The molecule has 10 nitrogen and oxygen atoms in total. The predicted molar refractivity (Wildman–Crippen MR) is 129 cm³/mol. The zero-order chi connectivity index (χ0) is 23.9. The average molecular weight is 467 g/mol. The van der Waals surface area contributed by atoms with Gasteiger partial charge in [-0.1, -0.05) is 18.2 Å². The number of benzene rings is 2. The monoisotopic (exact) mass is 466 g/mol. The van der Waals surface area contributed by atoms with Gasteiger partial charge in [-0.2, -0.15) is 4.98 Å². The van der Waals surface area contributed by atoms with Gasteiger partial charge < -0.3 is 19.9 Å². The van der Waals surface area contributed by atoms with Gasteiger partial charge >= 0.3 is 0 Å². The smallest absolute Gasteiger partial charge is 0.266 e. The summed E-state index contributed by atoms with van der Waals surface area (Å²) in [6.45, 7) is 3.88. The number of aromatic nitrogens is 2. The second kappa shape index (κ2) is 10.8. The normalized spacial score (nSPS) is 13.9. The van der Waals surface area contributed by atoms with E-state index >= 15 is 0 Å². The Balaban J connectivity index is 1.40. The maximum atomic E-state index is 14.2. The van der Waals surface area contributed by atoms with Gasteiger partial charge in [-0.25, -0.2) is 9.37 Å². The molecule has 178 valence electrons. The number of ether oxygens (including phenoxy) is 1. The second-order valence-electron chi connectivity index (χ2n) is 7.76. The van der Waals surface area contributed by atoms with E-state index in [-0.39, 0.29) is 17.7 Å². The first-order valence-corrected chi connectivity index (χ1v) is 10.8. The number of hydrazine groups is 2. The van der Waals surface area contributed by atoms with E-state index in [4.69, 9.17) is 4.74 Å². The summed E-state index contributed by atoms with van der Waals surface area (Å²) >= 11 is 0. The molecular formula is C23H27FN8O2. The van der Waals surface area contributed by atoms with E-state index in [1.54, 1.807) is 31.4 Å². The van der Waals surface area contributed by atoms with Crippen LogP contribution in [-0.4, -0.2) is 61.1 Å². The minimum absolute atomic E-state index is 0.140. The first-order valence-electron chi connectivity index (χ1n) is 10.8. The lowest BCUT2D eigenvalue weighted by Crippen LogP contribution is -2.44. The molecule has 1 amide bonds. The maximum absolute atomic E-state index is 14.2. The molecule has 1 aliphatic heterocycles. The highest BCUT2D eigenvalue weighted by molar-refractivity contribution is 5.93. The summed E-state index contributed by atoms with van der Waals surface area (Å²) in [6, 6.07) is 14.5. The number of piperazine rings is 1. The van der Waals surface area contributed by atoms with Crippen molar-refractivity contribution < 1.29 is 13.9 Å². The number of halogens is 1. The number of carbonyl (C=O) groups excluding carboxylic acids is 1. The van der Waals surface area contributed by atoms with Gasteiger partial charge in [-0.05, 0) is 31.3 Å². The van der Waals surface area contributed by atoms with E-state index in [0.717, 1.165) is 38.1 Å². The molecule has 0 spiro atoms. The molecule has 0 unspecified atom stereocenters. The fourth-order valence-corrected chi connectivity index (χ4v) is 3.49. The number of nitrogens with one attached hydrogen (secondary N) is 4. The predicted octanol–water partition coefficient (Wildman–Crippen LogP) is 2.38. The minimum Gasteiger partial charge on any atom is -0.494 e. The molecule has 2 heterocycles. The van der Waals surface area contributed by atoms with Crippen LogP contribution in [0.4, 0.5) is 27.5 Å². The van der Waals surface area contributed by atoms with Crippen molar-refractivity contribution in [3.63, 3.8) is 0 Å². The molecule has 1 aliphatic rings. The van der Waals surface area contributed by atoms with Crippen LogP contribution >= 0.6 is 0 Å². The topological polar surface area (TPSA) is 107 Å². The number of hydrogen-bond donors (Lipinski definition) is 4. The van der Waals surface area contributed by atoms with E-state index in [1.165, 1.54) is 0 Å². The van der Waals surface area contributed by atoms with Crippen molar-refractivity contribution in [2.75, 3.05) is 56.0 Å². The van der Waals surface area contributed by atoms with Crippen LogP contribution in [-0.2, 0) is 0 Å². The lowest BCUT2D eigenvalue weighted by atomic mass is 10.2. The number of amides is 1. The lowest BCUT2D eigenvalue weighted by Gasteiger charge is -2.34. The van der Waals surface area contributed by atoms with Crippen LogP contribution in [0.3, 0.4) is 0 Å². The number of hydrogen-bond acceptors (Lipinski definition) is 9. The van der Waals surface area contributed by atoms with Gasteiger partial charge in [-0.15, -0.1) is 5.53 Å². The van der Waals surface area contributed by atoms with Crippen LogP contribution in [0.5, 0.6) is 5.75 Å². The Morgan fingerprint density at radius 2 is 1.85 bits per heavy atom. The molecular weight excluding hydrogens is 439 g/mol. The molecule has 3 aromatic rings. The van der Waals surface area contributed by atoms with Gasteiger partial charge in [0.2, 0.25) is 5.95 Å². The van der Waals surface area contributed by atoms with Crippen LogP contribution in [0.15, 0.2) is 54.7 Å². The van der Waals surface area contributed by atoms with E-state index in [1.807, 2.05) is 24.3 Å².